The van der Waals surface area contributed by atoms with Gasteiger partial charge in [0.15, 0.2) is 0 Å². The molecular weight excluding hydrogens is 352 g/mol. The Labute approximate surface area is 143 Å². The zero-order chi connectivity index (χ0) is 18.3. The average Bonchev–Trinajstić information content (AvgIpc) is 3.19. The topological polar surface area (TPSA) is 72.3 Å². The lowest BCUT2D eigenvalue weighted by atomic mass is 10.1. The van der Waals surface area contributed by atoms with Gasteiger partial charge in [0.1, 0.15) is 17.2 Å². The summed E-state index contributed by atoms with van der Waals surface area (Å²) in [4.78, 5) is 7.94. The SMILES string of the molecule is Fc1cc(F)cc(Cc2nn(-c3nc(C(F)F)n[nH]3)c3cccnc23)c1. The number of aromatic amines is 1. The van der Waals surface area contributed by atoms with Crippen molar-refractivity contribution in [1.82, 2.24) is 29.9 Å². The highest BCUT2D eigenvalue weighted by atomic mass is 19.3. The molecule has 0 atom stereocenters. The minimum atomic E-state index is -2.82. The molecule has 0 aliphatic rings. The zero-order valence-corrected chi connectivity index (χ0v) is 13.0. The molecule has 0 radical (unpaired) electrons. The lowest BCUT2D eigenvalue weighted by Gasteiger charge is -2.00. The van der Waals surface area contributed by atoms with Crippen LogP contribution in [0.15, 0.2) is 36.5 Å². The van der Waals surface area contributed by atoms with Gasteiger partial charge in [-0.2, -0.15) is 19.9 Å². The molecule has 0 unspecified atom stereocenters. The number of hydrogen-bond donors (Lipinski definition) is 1. The minimum absolute atomic E-state index is 0.00465. The van der Waals surface area contributed by atoms with Gasteiger partial charge in [-0.3, -0.25) is 4.98 Å². The van der Waals surface area contributed by atoms with Crippen LogP contribution in [0.3, 0.4) is 0 Å². The number of alkyl halides is 2. The molecule has 4 rings (SSSR count). The van der Waals surface area contributed by atoms with Crippen LogP contribution in [0, 0.1) is 11.6 Å². The summed E-state index contributed by atoms with van der Waals surface area (Å²) in [5, 5.41) is 10.2. The van der Waals surface area contributed by atoms with Crippen molar-refractivity contribution in [3.63, 3.8) is 0 Å². The molecule has 4 aromatic rings. The molecule has 0 saturated carbocycles. The summed E-state index contributed by atoms with van der Waals surface area (Å²) in [7, 11) is 0. The molecule has 0 aliphatic carbocycles. The molecule has 0 amide bonds. The molecule has 132 valence electrons. The summed E-state index contributed by atoms with van der Waals surface area (Å²) in [6, 6.07) is 6.49. The van der Waals surface area contributed by atoms with E-state index < -0.39 is 23.9 Å². The number of halogens is 4. The number of pyridine rings is 1. The summed E-state index contributed by atoms with van der Waals surface area (Å²) in [6.07, 6.45) is -1.19. The first-order chi connectivity index (χ1) is 12.5. The maximum absolute atomic E-state index is 13.4. The largest absolute Gasteiger partial charge is 0.299 e. The van der Waals surface area contributed by atoms with Crippen LogP contribution in [0.25, 0.3) is 17.0 Å². The van der Waals surface area contributed by atoms with Gasteiger partial charge < -0.3 is 0 Å². The second kappa shape index (κ2) is 6.21. The third-order valence-corrected chi connectivity index (χ3v) is 3.69. The van der Waals surface area contributed by atoms with E-state index in [1.54, 1.807) is 12.1 Å². The van der Waals surface area contributed by atoms with E-state index >= 15 is 0 Å². The molecule has 0 bridgehead atoms. The number of aromatic nitrogens is 6. The van der Waals surface area contributed by atoms with Gasteiger partial charge in [0, 0.05) is 18.7 Å². The number of nitrogens with one attached hydrogen (secondary N) is 1. The fourth-order valence-electron chi connectivity index (χ4n) is 2.66. The summed E-state index contributed by atoms with van der Waals surface area (Å²) >= 11 is 0. The van der Waals surface area contributed by atoms with Crippen LogP contribution in [0.1, 0.15) is 23.5 Å². The minimum Gasteiger partial charge on any atom is -0.253 e. The number of nitrogens with zero attached hydrogens (tertiary/aromatic N) is 5. The van der Waals surface area contributed by atoms with E-state index in [0.29, 0.717) is 22.3 Å². The summed E-state index contributed by atoms with van der Waals surface area (Å²) < 4.78 is 53.6. The first-order valence-electron chi connectivity index (χ1n) is 7.49. The van der Waals surface area contributed by atoms with Gasteiger partial charge in [0.2, 0.25) is 11.8 Å². The standard InChI is InChI=1S/C16H10F4N6/c17-9-4-8(5-10(18)7-9)6-11-13-12(2-1-3-21-13)26(25-11)16-22-15(14(19)20)23-24-16/h1-5,7,14H,6H2,(H,22,23,24). The number of hydrogen-bond acceptors (Lipinski definition) is 4. The maximum atomic E-state index is 13.4. The van der Waals surface area contributed by atoms with Crippen molar-refractivity contribution in [2.75, 3.05) is 0 Å². The normalized spacial score (nSPS) is 11.6. The van der Waals surface area contributed by atoms with Gasteiger partial charge in [0.25, 0.3) is 6.43 Å². The fraction of sp³-hybridized carbons (Fsp3) is 0.125. The highest BCUT2D eigenvalue weighted by molar-refractivity contribution is 5.79. The molecular formula is C16H10F4N6. The molecule has 3 aromatic heterocycles. The highest BCUT2D eigenvalue weighted by Gasteiger charge is 2.19. The Hall–Kier alpha value is -3.30. The summed E-state index contributed by atoms with van der Waals surface area (Å²) in [5.74, 6) is -2.06. The van der Waals surface area contributed by atoms with E-state index in [1.807, 2.05) is 0 Å². The van der Waals surface area contributed by atoms with Crippen LogP contribution in [0.5, 0.6) is 0 Å². The Kier molecular flexibility index (Phi) is 3.86. The molecule has 26 heavy (non-hydrogen) atoms. The molecule has 1 N–H and O–H groups in total. The van der Waals surface area contributed by atoms with Gasteiger partial charge in [-0.15, -0.1) is 0 Å². The number of fused-ring (bicyclic) bond motifs is 1. The lowest BCUT2D eigenvalue weighted by Crippen LogP contribution is -2.00. The molecule has 6 nitrogen and oxygen atoms in total. The molecule has 0 fully saturated rings. The van der Waals surface area contributed by atoms with Crippen LogP contribution < -0.4 is 0 Å². The second-order valence-corrected chi connectivity index (χ2v) is 5.50. The monoisotopic (exact) mass is 362 g/mol. The van der Waals surface area contributed by atoms with Crippen LogP contribution in [0.2, 0.25) is 0 Å². The molecule has 10 heteroatoms. The van der Waals surface area contributed by atoms with E-state index in [9.17, 15) is 17.6 Å². The Morgan fingerprint density at radius 2 is 1.88 bits per heavy atom. The Morgan fingerprint density at radius 1 is 1.12 bits per heavy atom. The third kappa shape index (κ3) is 2.89. The molecule has 3 heterocycles. The number of benzene rings is 1. The fourth-order valence-corrected chi connectivity index (χ4v) is 2.66. The van der Waals surface area contributed by atoms with Gasteiger partial charge in [-0.05, 0) is 29.8 Å². The van der Waals surface area contributed by atoms with E-state index in [0.717, 1.165) is 6.07 Å². The Morgan fingerprint density at radius 3 is 2.58 bits per heavy atom. The van der Waals surface area contributed by atoms with E-state index in [1.165, 1.54) is 23.0 Å². The van der Waals surface area contributed by atoms with Gasteiger partial charge in [-0.1, -0.05) is 0 Å². The van der Waals surface area contributed by atoms with Crippen molar-refractivity contribution in [2.45, 2.75) is 12.8 Å². The van der Waals surface area contributed by atoms with Gasteiger partial charge in [0.05, 0.1) is 11.2 Å². The third-order valence-electron chi connectivity index (χ3n) is 3.69. The lowest BCUT2D eigenvalue weighted by molar-refractivity contribution is 0.141. The molecule has 0 aliphatic heterocycles. The van der Waals surface area contributed by atoms with E-state index in [4.69, 9.17) is 0 Å². The number of rotatable bonds is 4. The molecule has 1 aromatic carbocycles. The zero-order valence-electron chi connectivity index (χ0n) is 13.0. The van der Waals surface area contributed by atoms with Crippen LogP contribution in [0.4, 0.5) is 17.6 Å². The quantitative estimate of drug-likeness (QED) is 0.565. The van der Waals surface area contributed by atoms with Crippen molar-refractivity contribution in [2.24, 2.45) is 0 Å². The number of H-pyrrole nitrogens is 1. The van der Waals surface area contributed by atoms with Crippen molar-refractivity contribution < 1.29 is 17.6 Å². The van der Waals surface area contributed by atoms with Crippen LogP contribution >= 0.6 is 0 Å². The highest BCUT2D eigenvalue weighted by Crippen LogP contribution is 2.23. The van der Waals surface area contributed by atoms with Crippen LogP contribution in [-0.4, -0.2) is 29.9 Å². The summed E-state index contributed by atoms with van der Waals surface area (Å²) in [6.45, 7) is 0. The summed E-state index contributed by atoms with van der Waals surface area (Å²) in [5.41, 5.74) is 1.75. The smallest absolute Gasteiger partial charge is 0.253 e. The van der Waals surface area contributed by atoms with E-state index in [-0.39, 0.29) is 12.4 Å². The van der Waals surface area contributed by atoms with Gasteiger partial charge >= 0.3 is 0 Å². The molecule has 0 saturated heterocycles. The van der Waals surface area contributed by atoms with E-state index in [2.05, 4.69) is 25.3 Å². The second-order valence-electron chi connectivity index (χ2n) is 5.50. The van der Waals surface area contributed by atoms with Crippen molar-refractivity contribution >= 4 is 11.0 Å². The van der Waals surface area contributed by atoms with Gasteiger partial charge in [-0.25, -0.2) is 22.7 Å². The first kappa shape index (κ1) is 16.2. The first-order valence-corrected chi connectivity index (χ1v) is 7.49. The average molecular weight is 362 g/mol. The van der Waals surface area contributed by atoms with Crippen molar-refractivity contribution in [1.29, 1.82) is 0 Å². The van der Waals surface area contributed by atoms with Crippen molar-refractivity contribution in [3.05, 3.63) is 65.2 Å². The maximum Gasteiger partial charge on any atom is 0.299 e. The van der Waals surface area contributed by atoms with Crippen LogP contribution in [-0.2, 0) is 6.42 Å². The van der Waals surface area contributed by atoms with Crippen molar-refractivity contribution in [3.8, 4) is 5.95 Å². The Balaban J connectivity index is 1.80. The predicted octanol–water partition coefficient (Wildman–Crippen LogP) is 3.35. The Bertz CT molecular complexity index is 1070. The molecule has 0 spiro atoms. The predicted molar refractivity (Wildman–Crippen MR) is 82.9 cm³/mol.